The van der Waals surface area contributed by atoms with Gasteiger partial charge in [-0.2, -0.15) is 0 Å². The van der Waals surface area contributed by atoms with E-state index in [4.69, 9.17) is 4.42 Å². The van der Waals surface area contributed by atoms with Crippen molar-refractivity contribution in [3.05, 3.63) is 111 Å². The van der Waals surface area contributed by atoms with Gasteiger partial charge in [0.25, 0.3) is 5.56 Å². The van der Waals surface area contributed by atoms with E-state index in [1.807, 2.05) is 48.0 Å². The van der Waals surface area contributed by atoms with Crippen molar-refractivity contribution < 1.29 is 4.42 Å². The highest BCUT2D eigenvalue weighted by atomic mass is 16.3. The Balaban J connectivity index is 1.74. The second kappa shape index (κ2) is 10.4. The van der Waals surface area contributed by atoms with E-state index in [-0.39, 0.29) is 11.1 Å². The highest BCUT2D eigenvalue weighted by molar-refractivity contribution is 5.83. The molecule has 3 aromatic heterocycles. The molecule has 0 aliphatic heterocycles. The van der Waals surface area contributed by atoms with Gasteiger partial charge in [-0.25, -0.2) is 4.68 Å². The average Bonchev–Trinajstić information content (AvgIpc) is 3.61. The molecule has 5 rings (SSSR count). The zero-order chi connectivity index (χ0) is 26.9. The maximum Gasteiger partial charge on any atom is 0.253 e. The monoisotopic (exact) mass is 510 g/mol. The SMILES string of the molecule is CCC(C)(C)n1nnnc1C(c1cc2ccc(C)c(C)c2[nH]c1=O)N(Cc1ccccc1)Cc1ccco1. The number of pyridine rings is 1. The first kappa shape index (κ1) is 25.6. The first-order valence-corrected chi connectivity index (χ1v) is 13.0. The van der Waals surface area contributed by atoms with Crippen LogP contribution >= 0.6 is 0 Å². The topological polar surface area (TPSA) is 92.8 Å². The van der Waals surface area contributed by atoms with Crippen molar-refractivity contribution in [3.63, 3.8) is 0 Å². The molecule has 0 bridgehead atoms. The summed E-state index contributed by atoms with van der Waals surface area (Å²) in [6.45, 7) is 11.4. The predicted octanol–water partition coefficient (Wildman–Crippen LogP) is 5.66. The van der Waals surface area contributed by atoms with Gasteiger partial charge in [-0.1, -0.05) is 49.4 Å². The number of fused-ring (bicyclic) bond motifs is 1. The lowest BCUT2D eigenvalue weighted by atomic mass is 9.97. The number of aromatic nitrogens is 5. The zero-order valence-corrected chi connectivity index (χ0v) is 22.6. The first-order chi connectivity index (χ1) is 18.3. The molecule has 38 heavy (non-hydrogen) atoms. The highest BCUT2D eigenvalue weighted by Gasteiger charge is 2.35. The van der Waals surface area contributed by atoms with Crippen molar-refractivity contribution in [1.29, 1.82) is 0 Å². The van der Waals surface area contributed by atoms with E-state index < -0.39 is 6.04 Å². The molecule has 0 aliphatic carbocycles. The lowest BCUT2D eigenvalue weighted by Gasteiger charge is -2.33. The van der Waals surface area contributed by atoms with Crippen LogP contribution in [-0.4, -0.2) is 30.1 Å². The Bertz CT molecular complexity index is 1580. The van der Waals surface area contributed by atoms with Crippen LogP contribution in [0.15, 0.2) is 76.1 Å². The van der Waals surface area contributed by atoms with E-state index in [1.54, 1.807) is 6.26 Å². The first-order valence-electron chi connectivity index (χ1n) is 13.0. The molecule has 5 aromatic rings. The summed E-state index contributed by atoms with van der Waals surface area (Å²) < 4.78 is 7.63. The number of tetrazole rings is 1. The third kappa shape index (κ3) is 4.91. The summed E-state index contributed by atoms with van der Waals surface area (Å²) in [6.07, 6.45) is 2.49. The number of benzene rings is 2. The van der Waals surface area contributed by atoms with Gasteiger partial charge in [0, 0.05) is 12.1 Å². The number of furan rings is 1. The van der Waals surface area contributed by atoms with Crippen LogP contribution in [0.25, 0.3) is 10.9 Å². The van der Waals surface area contributed by atoms with Gasteiger partial charge in [-0.05, 0) is 84.8 Å². The van der Waals surface area contributed by atoms with Crippen LogP contribution in [-0.2, 0) is 18.6 Å². The molecular weight excluding hydrogens is 476 g/mol. The maximum absolute atomic E-state index is 13.8. The zero-order valence-electron chi connectivity index (χ0n) is 22.6. The molecule has 0 saturated carbocycles. The largest absolute Gasteiger partial charge is 0.468 e. The van der Waals surface area contributed by atoms with Crippen LogP contribution in [0, 0.1) is 13.8 Å². The van der Waals surface area contributed by atoms with Crippen molar-refractivity contribution in [3.8, 4) is 0 Å². The van der Waals surface area contributed by atoms with Crippen molar-refractivity contribution in [2.75, 3.05) is 0 Å². The lowest BCUT2D eigenvalue weighted by molar-refractivity contribution is 0.168. The minimum Gasteiger partial charge on any atom is -0.468 e. The second-order valence-corrected chi connectivity index (χ2v) is 10.5. The molecule has 0 amide bonds. The summed E-state index contributed by atoms with van der Waals surface area (Å²) in [7, 11) is 0. The molecule has 196 valence electrons. The Morgan fingerprint density at radius 1 is 1.05 bits per heavy atom. The van der Waals surface area contributed by atoms with Gasteiger partial charge in [0.1, 0.15) is 11.8 Å². The van der Waals surface area contributed by atoms with E-state index in [1.165, 1.54) is 0 Å². The Morgan fingerprint density at radius 2 is 1.84 bits per heavy atom. The number of nitrogens with zero attached hydrogens (tertiary/aromatic N) is 5. The number of rotatable bonds is 9. The van der Waals surface area contributed by atoms with Gasteiger partial charge in [-0.15, -0.1) is 5.10 Å². The minimum absolute atomic E-state index is 0.155. The Labute approximate surface area is 222 Å². The quantitative estimate of drug-likeness (QED) is 0.275. The van der Waals surface area contributed by atoms with Crippen molar-refractivity contribution >= 4 is 10.9 Å². The van der Waals surface area contributed by atoms with Crippen LogP contribution in [0.1, 0.15) is 67.1 Å². The molecule has 0 saturated heterocycles. The maximum atomic E-state index is 13.8. The molecule has 1 atom stereocenters. The summed E-state index contributed by atoms with van der Waals surface area (Å²) in [6, 6.07) is 19.6. The molecule has 0 fully saturated rings. The van der Waals surface area contributed by atoms with E-state index >= 15 is 0 Å². The lowest BCUT2D eigenvalue weighted by Crippen LogP contribution is -2.38. The van der Waals surface area contributed by atoms with Gasteiger partial charge in [0.05, 0.1) is 23.9 Å². The fraction of sp³-hybridized carbons (Fsp3) is 0.333. The van der Waals surface area contributed by atoms with Crippen molar-refractivity contribution in [2.45, 2.75) is 65.7 Å². The molecule has 1 N–H and O–H groups in total. The highest BCUT2D eigenvalue weighted by Crippen LogP contribution is 2.33. The number of hydrogen-bond donors (Lipinski definition) is 1. The van der Waals surface area contributed by atoms with E-state index in [9.17, 15) is 4.79 Å². The van der Waals surface area contributed by atoms with Gasteiger partial charge in [0.15, 0.2) is 5.82 Å². The average molecular weight is 511 g/mol. The van der Waals surface area contributed by atoms with Crippen LogP contribution < -0.4 is 5.56 Å². The third-order valence-electron chi connectivity index (χ3n) is 7.58. The van der Waals surface area contributed by atoms with Crippen molar-refractivity contribution in [2.24, 2.45) is 0 Å². The Morgan fingerprint density at radius 3 is 2.55 bits per heavy atom. The Hall–Kier alpha value is -4.04. The predicted molar refractivity (Wildman–Crippen MR) is 148 cm³/mol. The molecule has 8 nitrogen and oxygen atoms in total. The fourth-order valence-electron chi connectivity index (χ4n) is 4.85. The molecule has 2 aromatic carbocycles. The van der Waals surface area contributed by atoms with E-state index in [0.29, 0.717) is 24.5 Å². The van der Waals surface area contributed by atoms with Gasteiger partial charge >= 0.3 is 0 Å². The standard InChI is InChI=1S/C30H34N6O2/c1-6-30(4,5)36-28(32-33-34-36)27(25-17-23-15-14-20(2)21(3)26(23)31-29(25)37)35(19-24-13-10-16-38-24)18-22-11-8-7-9-12-22/h7-17,27H,6,18-19H2,1-5H3,(H,31,37). The second-order valence-electron chi connectivity index (χ2n) is 10.5. The number of aromatic amines is 1. The van der Waals surface area contributed by atoms with Gasteiger partial charge in [0.2, 0.25) is 0 Å². The van der Waals surface area contributed by atoms with E-state index in [0.717, 1.165) is 39.8 Å². The fourth-order valence-corrected chi connectivity index (χ4v) is 4.85. The van der Waals surface area contributed by atoms with Crippen LogP contribution in [0.3, 0.4) is 0 Å². The molecule has 0 radical (unpaired) electrons. The van der Waals surface area contributed by atoms with Crippen molar-refractivity contribution in [1.82, 2.24) is 30.1 Å². The molecule has 0 aliphatic rings. The van der Waals surface area contributed by atoms with Crippen LogP contribution in [0.2, 0.25) is 0 Å². The van der Waals surface area contributed by atoms with E-state index in [2.05, 4.69) is 77.4 Å². The molecular formula is C30H34N6O2. The number of hydrogen-bond acceptors (Lipinski definition) is 6. The minimum atomic E-state index is -0.532. The molecule has 3 heterocycles. The summed E-state index contributed by atoms with van der Waals surface area (Å²) >= 11 is 0. The normalized spacial score (nSPS) is 12.9. The summed E-state index contributed by atoms with van der Waals surface area (Å²) in [5, 5.41) is 14.0. The van der Waals surface area contributed by atoms with Crippen LogP contribution in [0.5, 0.6) is 0 Å². The Kier molecular flexibility index (Phi) is 6.99. The van der Waals surface area contributed by atoms with Gasteiger partial charge < -0.3 is 9.40 Å². The van der Waals surface area contributed by atoms with Crippen LogP contribution in [0.4, 0.5) is 0 Å². The number of aryl methyl sites for hydroxylation is 2. The third-order valence-corrected chi connectivity index (χ3v) is 7.58. The summed E-state index contributed by atoms with van der Waals surface area (Å²) in [4.78, 5) is 19.2. The molecule has 1 unspecified atom stereocenters. The number of H-pyrrole nitrogens is 1. The van der Waals surface area contributed by atoms with Gasteiger partial charge in [-0.3, -0.25) is 9.69 Å². The smallest absolute Gasteiger partial charge is 0.253 e. The summed E-state index contributed by atoms with van der Waals surface area (Å²) in [5.41, 5.74) is 4.25. The summed E-state index contributed by atoms with van der Waals surface area (Å²) in [5.74, 6) is 1.41. The molecule has 0 spiro atoms. The number of nitrogens with one attached hydrogen (secondary N) is 1. The molecule has 8 heteroatoms.